The second kappa shape index (κ2) is 23.9. The molecule has 434 valence electrons. The zero-order chi connectivity index (χ0) is 60.0. The van der Waals surface area contributed by atoms with E-state index in [9.17, 15) is 0 Å². The molecule has 0 fully saturated rings. The number of fused-ring (bicyclic) bond motifs is 6. The van der Waals surface area contributed by atoms with Crippen LogP contribution in [0.4, 0.5) is 51.2 Å². The van der Waals surface area contributed by atoms with Crippen LogP contribution < -0.4 is 28.9 Å². The third-order valence-electron chi connectivity index (χ3n) is 17.2. The molecule has 89 heavy (non-hydrogen) atoms. The van der Waals surface area contributed by atoms with Crippen LogP contribution in [0.25, 0.3) is 0 Å². The summed E-state index contributed by atoms with van der Waals surface area (Å²) in [6, 6.07) is 98.1. The highest BCUT2D eigenvalue weighted by atomic mass is 32.2. The average Bonchev–Trinajstić information content (AvgIpc) is 1.35. The SMILES string of the molecule is Cc1cc(C(C)(c2ccc(OCc3cccc(N4c5ccccc5Sc5ccccc54)c3)c(C)c2)c2ccc(OCc3cccc(N4c5ccccc5Sc5ccccc54)c3)c(C)c2)ccc1OCc1cccc(N2c3ccccc3Sc3ccccc32)c1. The molecule has 0 saturated carbocycles. The van der Waals surface area contributed by atoms with Crippen LogP contribution in [0.15, 0.2) is 302 Å². The van der Waals surface area contributed by atoms with Gasteiger partial charge in [-0.1, -0.05) is 181 Å². The first kappa shape index (κ1) is 56.0. The van der Waals surface area contributed by atoms with Gasteiger partial charge >= 0.3 is 0 Å². The lowest BCUT2D eigenvalue weighted by molar-refractivity contribution is 0.303. The number of ether oxygens (including phenoxy) is 3. The van der Waals surface area contributed by atoms with Gasteiger partial charge in [-0.3, -0.25) is 0 Å². The second-order valence-electron chi connectivity index (χ2n) is 23.1. The molecule has 0 saturated heterocycles. The first-order valence-electron chi connectivity index (χ1n) is 30.2. The fourth-order valence-electron chi connectivity index (χ4n) is 12.7. The van der Waals surface area contributed by atoms with E-state index in [2.05, 4.69) is 315 Å². The highest BCUT2D eigenvalue weighted by Gasteiger charge is 2.34. The van der Waals surface area contributed by atoms with E-state index in [4.69, 9.17) is 14.2 Å². The Labute approximate surface area is 534 Å². The molecule has 0 radical (unpaired) electrons. The average molecular weight is 1210 g/mol. The van der Waals surface area contributed by atoms with E-state index in [-0.39, 0.29) is 0 Å². The molecule has 6 nitrogen and oxygen atoms in total. The zero-order valence-electron chi connectivity index (χ0n) is 49.9. The largest absolute Gasteiger partial charge is 0.489 e. The van der Waals surface area contributed by atoms with Crippen molar-refractivity contribution in [3.8, 4) is 17.2 Å². The number of benzene rings is 12. The predicted molar refractivity (Wildman–Crippen MR) is 368 cm³/mol. The number of nitrogens with zero attached hydrogens (tertiary/aromatic N) is 3. The third kappa shape index (κ3) is 10.8. The van der Waals surface area contributed by atoms with Crippen molar-refractivity contribution in [3.05, 3.63) is 323 Å². The number of rotatable bonds is 15. The van der Waals surface area contributed by atoms with Gasteiger partial charge in [0.15, 0.2) is 0 Å². The number of hydrogen-bond donors (Lipinski definition) is 0. The Bertz CT molecular complexity index is 4080. The zero-order valence-corrected chi connectivity index (χ0v) is 52.3. The highest BCUT2D eigenvalue weighted by molar-refractivity contribution is 8.00. The van der Waals surface area contributed by atoms with Gasteiger partial charge in [0.05, 0.1) is 34.1 Å². The van der Waals surface area contributed by atoms with Gasteiger partial charge in [0, 0.05) is 51.9 Å². The highest BCUT2D eigenvalue weighted by Crippen LogP contribution is 2.54. The van der Waals surface area contributed by atoms with Crippen LogP contribution in [0.1, 0.15) is 57.0 Å². The molecular formula is C80H63N3O3S3. The molecule has 9 heteroatoms. The van der Waals surface area contributed by atoms with Gasteiger partial charge in [0.25, 0.3) is 0 Å². The third-order valence-corrected chi connectivity index (χ3v) is 20.6. The van der Waals surface area contributed by atoms with Crippen molar-refractivity contribution in [2.45, 2.75) is 82.3 Å². The summed E-state index contributed by atoms with van der Waals surface area (Å²) >= 11 is 5.46. The number of para-hydroxylation sites is 6. The Morgan fingerprint density at radius 3 is 0.775 bits per heavy atom. The topological polar surface area (TPSA) is 37.4 Å². The summed E-state index contributed by atoms with van der Waals surface area (Å²) in [6.07, 6.45) is 0. The van der Waals surface area contributed by atoms with Crippen molar-refractivity contribution in [3.63, 3.8) is 0 Å². The lowest BCUT2D eigenvalue weighted by atomic mass is 9.70. The van der Waals surface area contributed by atoms with Crippen molar-refractivity contribution >= 4 is 86.5 Å². The summed E-state index contributed by atoms with van der Waals surface area (Å²) in [6.45, 7) is 10.1. The van der Waals surface area contributed by atoms with E-state index in [1.807, 2.05) is 35.3 Å². The Morgan fingerprint density at radius 2 is 0.528 bits per heavy atom. The van der Waals surface area contributed by atoms with Crippen LogP contribution in [-0.2, 0) is 25.2 Å². The quantitative estimate of drug-likeness (QED) is 0.0933. The fraction of sp³-hybridized carbons (Fsp3) is 0.100. The molecule has 0 spiro atoms. The number of aryl methyl sites for hydroxylation is 3. The minimum atomic E-state index is -0.592. The molecule has 0 aromatic heterocycles. The summed E-state index contributed by atoms with van der Waals surface area (Å²) in [5.74, 6) is 2.54. The van der Waals surface area contributed by atoms with Crippen LogP contribution in [0.3, 0.4) is 0 Å². The van der Waals surface area contributed by atoms with E-state index >= 15 is 0 Å². The predicted octanol–water partition coefficient (Wildman–Crippen LogP) is 22.5. The van der Waals surface area contributed by atoms with Gasteiger partial charge < -0.3 is 28.9 Å². The summed E-state index contributed by atoms with van der Waals surface area (Å²) in [7, 11) is 0. The standard InChI is InChI=1S/C80H63N3O3S3/c1-53-44-59(38-41-71(53)84-50-56-20-17-23-62(47-56)81-65-26-5-11-32-74(65)87-75-33-12-6-27-66(75)81)80(4,60-39-42-72(54(2)45-60)85-51-57-21-18-24-63(48-57)82-67-28-7-13-34-76(67)88-77-35-14-8-29-68(77)82)61-40-43-73(55(3)46-61)86-52-58-22-19-25-64(49-58)83-69-30-9-15-36-78(69)89-79-37-16-10-31-70(79)83/h5-49H,50-52H2,1-4H3. The molecule has 3 aliphatic heterocycles. The molecule has 0 amide bonds. The van der Waals surface area contributed by atoms with E-state index in [0.717, 1.165) is 84.4 Å². The Morgan fingerprint density at radius 1 is 0.281 bits per heavy atom. The van der Waals surface area contributed by atoms with Crippen molar-refractivity contribution in [2.24, 2.45) is 0 Å². The Kier molecular flexibility index (Phi) is 15.0. The molecule has 0 bridgehead atoms. The van der Waals surface area contributed by atoms with Crippen LogP contribution in [0.2, 0.25) is 0 Å². The number of hydrogen-bond acceptors (Lipinski definition) is 9. The maximum Gasteiger partial charge on any atom is 0.122 e. The second-order valence-corrected chi connectivity index (χ2v) is 26.3. The Balaban J connectivity index is 0.715. The summed E-state index contributed by atoms with van der Waals surface area (Å²) in [4.78, 5) is 14.5. The molecule has 0 N–H and O–H groups in total. The minimum absolute atomic E-state index is 0.422. The van der Waals surface area contributed by atoms with E-state index in [1.54, 1.807) is 0 Å². The van der Waals surface area contributed by atoms with Gasteiger partial charge in [0.2, 0.25) is 0 Å². The van der Waals surface area contributed by atoms with Crippen LogP contribution in [0, 0.1) is 20.8 Å². The Hall–Kier alpha value is -9.51. The van der Waals surface area contributed by atoms with Gasteiger partial charge in [-0.25, -0.2) is 0 Å². The molecule has 15 rings (SSSR count). The molecule has 0 aliphatic carbocycles. The molecule has 0 atom stereocenters. The lowest BCUT2D eigenvalue weighted by Crippen LogP contribution is -2.26. The maximum absolute atomic E-state index is 6.76. The lowest BCUT2D eigenvalue weighted by Gasteiger charge is -2.34. The van der Waals surface area contributed by atoms with Crippen molar-refractivity contribution in [1.82, 2.24) is 0 Å². The van der Waals surface area contributed by atoms with Gasteiger partial charge in [-0.2, -0.15) is 0 Å². The van der Waals surface area contributed by atoms with E-state index in [0.29, 0.717) is 19.8 Å². The van der Waals surface area contributed by atoms with Crippen molar-refractivity contribution in [2.75, 3.05) is 14.7 Å². The van der Waals surface area contributed by atoms with Crippen LogP contribution in [0.5, 0.6) is 17.2 Å². The molecule has 12 aromatic rings. The smallest absolute Gasteiger partial charge is 0.122 e. The summed E-state index contributed by atoms with van der Waals surface area (Å²) in [5, 5.41) is 0. The van der Waals surface area contributed by atoms with Crippen molar-refractivity contribution in [1.29, 1.82) is 0 Å². The summed E-state index contributed by atoms with van der Waals surface area (Å²) in [5.41, 5.74) is 19.7. The van der Waals surface area contributed by atoms with E-state index < -0.39 is 5.41 Å². The van der Waals surface area contributed by atoms with Gasteiger partial charge in [-0.15, -0.1) is 0 Å². The van der Waals surface area contributed by atoms with E-state index in [1.165, 1.54) is 63.5 Å². The van der Waals surface area contributed by atoms with Crippen LogP contribution in [-0.4, -0.2) is 0 Å². The maximum atomic E-state index is 6.76. The molecule has 3 aliphatic rings. The molecule has 0 unspecified atom stereocenters. The molecular weight excluding hydrogens is 1150 g/mol. The van der Waals surface area contributed by atoms with Crippen LogP contribution >= 0.6 is 35.3 Å². The first-order chi connectivity index (χ1) is 43.7. The number of anilines is 9. The van der Waals surface area contributed by atoms with Gasteiger partial charge in [-0.05, 0) is 205 Å². The van der Waals surface area contributed by atoms with Crippen molar-refractivity contribution < 1.29 is 14.2 Å². The fourth-order valence-corrected chi connectivity index (χ4v) is 15.8. The molecule has 3 heterocycles. The van der Waals surface area contributed by atoms with Gasteiger partial charge in [0.1, 0.15) is 37.1 Å². The normalized spacial score (nSPS) is 12.9. The first-order valence-corrected chi connectivity index (χ1v) is 32.6. The minimum Gasteiger partial charge on any atom is -0.489 e. The monoisotopic (exact) mass is 1210 g/mol. The summed E-state index contributed by atoms with van der Waals surface area (Å²) < 4.78 is 20.3. The molecule has 12 aromatic carbocycles.